The van der Waals surface area contributed by atoms with Gasteiger partial charge in [0.25, 0.3) is 0 Å². The summed E-state index contributed by atoms with van der Waals surface area (Å²) >= 11 is 6.19. The van der Waals surface area contributed by atoms with Gasteiger partial charge in [0, 0.05) is 5.02 Å². The number of aryl methyl sites for hydroxylation is 2. The van der Waals surface area contributed by atoms with Crippen molar-refractivity contribution >= 4 is 28.6 Å². The molecule has 1 heterocycles. The van der Waals surface area contributed by atoms with Crippen LogP contribution in [0.25, 0.3) is 16.7 Å². The quantitative estimate of drug-likeness (QED) is 0.730. The number of nitrogens with two attached hydrogens (primary N) is 1. The van der Waals surface area contributed by atoms with Gasteiger partial charge in [0.05, 0.1) is 16.7 Å². The number of benzene rings is 2. The Bertz CT molecular complexity index is 774. The number of aromatic nitrogens is 2. The largest absolute Gasteiger partial charge is 0.369 e. The first-order valence-electron chi connectivity index (χ1n) is 6.07. The van der Waals surface area contributed by atoms with Crippen molar-refractivity contribution in [3.63, 3.8) is 0 Å². The zero-order chi connectivity index (χ0) is 13.6. The normalized spacial score (nSPS) is 11.1. The van der Waals surface area contributed by atoms with Crippen LogP contribution in [0.5, 0.6) is 0 Å². The molecule has 1 aromatic heterocycles. The Labute approximate surface area is 116 Å². The molecule has 19 heavy (non-hydrogen) atoms. The van der Waals surface area contributed by atoms with Crippen molar-refractivity contribution in [2.45, 2.75) is 13.8 Å². The molecule has 0 saturated heterocycles. The van der Waals surface area contributed by atoms with Gasteiger partial charge in [-0.05, 0) is 49.2 Å². The standard InChI is InChI=1S/C15H14ClN3/c1-9-3-6-13-14(7-9)19(15(17)18-13)11-5-4-10(2)12(16)8-11/h3-8H,1-2H3,(H2,17,18). The summed E-state index contributed by atoms with van der Waals surface area (Å²) in [5.41, 5.74) is 11.1. The van der Waals surface area contributed by atoms with Crippen LogP contribution in [0.2, 0.25) is 5.02 Å². The smallest absolute Gasteiger partial charge is 0.205 e. The van der Waals surface area contributed by atoms with Crippen LogP contribution in [-0.4, -0.2) is 9.55 Å². The van der Waals surface area contributed by atoms with Gasteiger partial charge in [0.15, 0.2) is 0 Å². The molecule has 0 atom stereocenters. The molecule has 4 heteroatoms. The third kappa shape index (κ3) is 1.96. The first-order valence-corrected chi connectivity index (χ1v) is 6.45. The molecule has 0 fully saturated rings. The van der Waals surface area contributed by atoms with Gasteiger partial charge in [-0.3, -0.25) is 4.57 Å². The van der Waals surface area contributed by atoms with Crippen LogP contribution in [0.4, 0.5) is 5.95 Å². The van der Waals surface area contributed by atoms with E-state index in [0.29, 0.717) is 5.95 Å². The number of hydrogen-bond acceptors (Lipinski definition) is 2. The van der Waals surface area contributed by atoms with E-state index < -0.39 is 0 Å². The molecular weight excluding hydrogens is 258 g/mol. The molecule has 0 spiro atoms. The number of hydrogen-bond donors (Lipinski definition) is 1. The van der Waals surface area contributed by atoms with Gasteiger partial charge < -0.3 is 5.73 Å². The van der Waals surface area contributed by atoms with Crippen LogP contribution in [0.1, 0.15) is 11.1 Å². The molecule has 0 amide bonds. The second-order valence-electron chi connectivity index (χ2n) is 4.73. The molecule has 3 rings (SSSR count). The second-order valence-corrected chi connectivity index (χ2v) is 5.14. The zero-order valence-electron chi connectivity index (χ0n) is 10.8. The first kappa shape index (κ1) is 12.1. The highest BCUT2D eigenvalue weighted by molar-refractivity contribution is 6.31. The van der Waals surface area contributed by atoms with Gasteiger partial charge >= 0.3 is 0 Å². The van der Waals surface area contributed by atoms with E-state index in [4.69, 9.17) is 17.3 Å². The molecule has 2 N–H and O–H groups in total. The minimum absolute atomic E-state index is 0.473. The Morgan fingerprint density at radius 3 is 2.63 bits per heavy atom. The van der Waals surface area contributed by atoms with Gasteiger partial charge in [-0.15, -0.1) is 0 Å². The molecule has 0 radical (unpaired) electrons. The lowest BCUT2D eigenvalue weighted by molar-refractivity contribution is 1.11. The zero-order valence-corrected chi connectivity index (χ0v) is 11.6. The van der Waals surface area contributed by atoms with Crippen molar-refractivity contribution in [3.8, 4) is 5.69 Å². The van der Waals surface area contributed by atoms with E-state index in [9.17, 15) is 0 Å². The predicted octanol–water partition coefficient (Wildman–Crippen LogP) is 3.88. The van der Waals surface area contributed by atoms with E-state index >= 15 is 0 Å². The summed E-state index contributed by atoms with van der Waals surface area (Å²) in [5.74, 6) is 0.473. The van der Waals surface area contributed by atoms with Crippen molar-refractivity contribution in [2.24, 2.45) is 0 Å². The minimum atomic E-state index is 0.473. The average molecular weight is 272 g/mol. The number of nitrogen functional groups attached to an aromatic ring is 1. The van der Waals surface area contributed by atoms with E-state index in [1.165, 1.54) is 5.56 Å². The van der Waals surface area contributed by atoms with E-state index in [1.807, 2.05) is 41.8 Å². The fourth-order valence-electron chi connectivity index (χ4n) is 2.20. The molecule has 0 unspecified atom stereocenters. The Morgan fingerprint density at radius 2 is 1.89 bits per heavy atom. The molecule has 0 aliphatic heterocycles. The fourth-order valence-corrected chi connectivity index (χ4v) is 2.37. The SMILES string of the molecule is Cc1ccc2nc(N)n(-c3ccc(C)c(Cl)c3)c2c1. The average Bonchev–Trinajstić information content (AvgIpc) is 2.68. The highest BCUT2D eigenvalue weighted by Gasteiger charge is 2.10. The van der Waals surface area contributed by atoms with Crippen LogP contribution >= 0.6 is 11.6 Å². The summed E-state index contributed by atoms with van der Waals surface area (Å²) in [6.07, 6.45) is 0. The highest BCUT2D eigenvalue weighted by atomic mass is 35.5. The molecule has 0 bridgehead atoms. The molecule has 3 aromatic rings. The number of rotatable bonds is 1. The Kier molecular flexibility index (Phi) is 2.72. The summed E-state index contributed by atoms with van der Waals surface area (Å²) < 4.78 is 1.92. The first-order chi connectivity index (χ1) is 9.06. The molecule has 0 aliphatic carbocycles. The van der Waals surface area contributed by atoms with Gasteiger partial charge in [0.1, 0.15) is 0 Å². The molecular formula is C15H14ClN3. The van der Waals surface area contributed by atoms with Gasteiger partial charge in [-0.1, -0.05) is 23.7 Å². The maximum absolute atomic E-state index is 6.19. The highest BCUT2D eigenvalue weighted by Crippen LogP contribution is 2.26. The maximum Gasteiger partial charge on any atom is 0.205 e. The van der Waals surface area contributed by atoms with Gasteiger partial charge in [-0.25, -0.2) is 4.98 Å². The number of imidazole rings is 1. The van der Waals surface area contributed by atoms with Crippen molar-refractivity contribution in [2.75, 3.05) is 5.73 Å². The van der Waals surface area contributed by atoms with E-state index in [0.717, 1.165) is 27.3 Å². The van der Waals surface area contributed by atoms with E-state index in [-0.39, 0.29) is 0 Å². The van der Waals surface area contributed by atoms with E-state index in [1.54, 1.807) is 0 Å². The van der Waals surface area contributed by atoms with Crippen LogP contribution < -0.4 is 5.73 Å². The molecule has 0 saturated carbocycles. The van der Waals surface area contributed by atoms with Gasteiger partial charge in [-0.2, -0.15) is 0 Å². The van der Waals surface area contributed by atoms with Crippen molar-refractivity contribution in [1.29, 1.82) is 0 Å². The minimum Gasteiger partial charge on any atom is -0.369 e. The Hall–Kier alpha value is -2.00. The summed E-state index contributed by atoms with van der Waals surface area (Å²) in [5, 5.41) is 0.728. The third-order valence-corrected chi connectivity index (χ3v) is 3.66. The molecule has 3 nitrogen and oxygen atoms in total. The third-order valence-electron chi connectivity index (χ3n) is 3.25. The lowest BCUT2D eigenvalue weighted by Crippen LogP contribution is -2.00. The number of fused-ring (bicyclic) bond motifs is 1. The van der Waals surface area contributed by atoms with Crippen LogP contribution in [-0.2, 0) is 0 Å². The van der Waals surface area contributed by atoms with Crippen molar-refractivity contribution in [1.82, 2.24) is 9.55 Å². The van der Waals surface area contributed by atoms with Crippen molar-refractivity contribution in [3.05, 3.63) is 52.5 Å². The Balaban J connectivity index is 2.31. The summed E-state index contributed by atoms with van der Waals surface area (Å²) in [6, 6.07) is 12.0. The molecule has 0 aliphatic rings. The van der Waals surface area contributed by atoms with Crippen LogP contribution in [0.15, 0.2) is 36.4 Å². The lowest BCUT2D eigenvalue weighted by Gasteiger charge is -2.08. The number of anilines is 1. The number of halogens is 1. The molecule has 2 aromatic carbocycles. The fraction of sp³-hybridized carbons (Fsp3) is 0.133. The Morgan fingerprint density at radius 1 is 1.11 bits per heavy atom. The molecule has 96 valence electrons. The topological polar surface area (TPSA) is 43.8 Å². The number of nitrogens with zero attached hydrogens (tertiary/aromatic N) is 2. The maximum atomic E-state index is 6.19. The van der Waals surface area contributed by atoms with Crippen LogP contribution in [0.3, 0.4) is 0 Å². The monoisotopic (exact) mass is 271 g/mol. The summed E-state index contributed by atoms with van der Waals surface area (Å²) in [6.45, 7) is 4.03. The summed E-state index contributed by atoms with van der Waals surface area (Å²) in [7, 11) is 0. The second kappa shape index (κ2) is 4.28. The van der Waals surface area contributed by atoms with Gasteiger partial charge in [0.2, 0.25) is 5.95 Å². The van der Waals surface area contributed by atoms with Crippen molar-refractivity contribution < 1.29 is 0 Å². The van der Waals surface area contributed by atoms with Crippen LogP contribution in [0, 0.1) is 13.8 Å². The lowest BCUT2D eigenvalue weighted by atomic mass is 10.2. The predicted molar refractivity (Wildman–Crippen MR) is 80.0 cm³/mol. The summed E-state index contributed by atoms with van der Waals surface area (Å²) in [4.78, 5) is 4.38. The van der Waals surface area contributed by atoms with E-state index in [2.05, 4.69) is 18.0 Å².